The number of carbonyl (C=O) groups excluding carboxylic acids is 1. The molecular weight excluding hydrogens is 370 g/mol. The molecule has 1 heterocycles. The number of aryl methyl sites for hydroxylation is 1. The average Bonchev–Trinajstić information content (AvgIpc) is 2.65. The van der Waals surface area contributed by atoms with Crippen LogP contribution >= 0.6 is 11.6 Å². The minimum absolute atomic E-state index is 0.0121. The van der Waals surface area contributed by atoms with Crippen LogP contribution in [-0.4, -0.2) is 28.0 Å². The first-order valence-electron chi connectivity index (χ1n) is 8.76. The van der Waals surface area contributed by atoms with Gasteiger partial charge in [-0.05, 0) is 50.3 Å². The summed E-state index contributed by atoms with van der Waals surface area (Å²) in [5.41, 5.74) is 1.04. The lowest BCUT2D eigenvalue weighted by atomic mass is 9.92. The number of nitrogens with zero attached hydrogens (tertiary/aromatic N) is 2. The Labute approximate surface area is 161 Å². The van der Waals surface area contributed by atoms with Crippen LogP contribution in [0.5, 0.6) is 5.88 Å². The smallest absolute Gasteiger partial charge is 0.288 e. The van der Waals surface area contributed by atoms with Crippen molar-refractivity contribution in [2.75, 3.05) is 0 Å². The molecule has 0 unspecified atom stereocenters. The number of halogens is 1. The molecule has 1 N–H and O–H groups in total. The Morgan fingerprint density at radius 3 is 2.63 bits per heavy atom. The third-order valence-corrected chi connectivity index (χ3v) is 4.91. The Kier molecular flexibility index (Phi) is 5.91. The van der Waals surface area contributed by atoms with E-state index in [1.807, 2.05) is 19.1 Å². The van der Waals surface area contributed by atoms with Crippen LogP contribution in [0.15, 0.2) is 36.5 Å². The quantitative estimate of drug-likeness (QED) is 0.614. The highest BCUT2D eigenvalue weighted by Crippen LogP contribution is 2.26. The number of hydrogen-bond donors (Lipinski definition) is 1. The van der Waals surface area contributed by atoms with Gasteiger partial charge >= 0.3 is 0 Å². The van der Waals surface area contributed by atoms with Crippen molar-refractivity contribution in [1.29, 1.82) is 0 Å². The maximum atomic E-state index is 12.4. The van der Waals surface area contributed by atoms with E-state index in [4.69, 9.17) is 16.3 Å². The van der Waals surface area contributed by atoms with Crippen LogP contribution in [0, 0.1) is 17.0 Å². The largest absolute Gasteiger partial charge is 0.474 e. The number of nitrogens with one attached hydrogen (secondary N) is 1. The fourth-order valence-corrected chi connectivity index (χ4v) is 3.27. The first-order chi connectivity index (χ1) is 12.9. The molecule has 2 aromatic rings. The summed E-state index contributed by atoms with van der Waals surface area (Å²) in [4.78, 5) is 27.0. The molecule has 8 heteroatoms. The monoisotopic (exact) mass is 389 g/mol. The number of ether oxygens (including phenoxy) is 1. The van der Waals surface area contributed by atoms with Crippen LogP contribution in [0.2, 0.25) is 5.02 Å². The summed E-state index contributed by atoms with van der Waals surface area (Å²) >= 11 is 5.79. The third-order valence-electron chi connectivity index (χ3n) is 4.59. The number of benzene rings is 1. The molecule has 1 amide bonds. The second kappa shape index (κ2) is 8.35. The van der Waals surface area contributed by atoms with Crippen molar-refractivity contribution in [3.05, 3.63) is 62.8 Å². The molecule has 142 valence electrons. The van der Waals surface area contributed by atoms with Crippen LogP contribution in [-0.2, 0) is 0 Å². The van der Waals surface area contributed by atoms with Gasteiger partial charge in [-0.15, -0.1) is 0 Å². The number of pyridine rings is 1. The molecule has 1 saturated carbocycles. The van der Waals surface area contributed by atoms with E-state index in [1.54, 1.807) is 6.20 Å². The van der Waals surface area contributed by atoms with Gasteiger partial charge in [-0.2, -0.15) is 0 Å². The molecule has 0 atom stereocenters. The minimum Gasteiger partial charge on any atom is -0.474 e. The lowest BCUT2D eigenvalue weighted by Gasteiger charge is -2.29. The third kappa shape index (κ3) is 4.95. The SMILES string of the molecule is Cc1ccc(OC2CCC(NC(=O)c3ccc(Cl)c([N+](=O)[O-])c3)CC2)nc1. The van der Waals surface area contributed by atoms with Gasteiger partial charge < -0.3 is 10.1 Å². The maximum Gasteiger partial charge on any atom is 0.288 e. The highest BCUT2D eigenvalue weighted by atomic mass is 35.5. The first kappa shape index (κ1) is 19.1. The topological polar surface area (TPSA) is 94.4 Å². The molecule has 7 nitrogen and oxygen atoms in total. The highest BCUT2D eigenvalue weighted by molar-refractivity contribution is 6.32. The van der Waals surface area contributed by atoms with E-state index in [0.717, 1.165) is 31.2 Å². The van der Waals surface area contributed by atoms with E-state index in [-0.39, 0.29) is 34.3 Å². The molecule has 3 rings (SSSR count). The van der Waals surface area contributed by atoms with Gasteiger partial charge in [-0.25, -0.2) is 4.98 Å². The van der Waals surface area contributed by atoms with Crippen LogP contribution in [0.25, 0.3) is 0 Å². The normalized spacial score (nSPS) is 19.3. The summed E-state index contributed by atoms with van der Waals surface area (Å²) in [5.74, 6) is 0.279. The number of amides is 1. The summed E-state index contributed by atoms with van der Waals surface area (Å²) < 4.78 is 5.89. The summed E-state index contributed by atoms with van der Waals surface area (Å²) in [6.45, 7) is 1.97. The zero-order valence-corrected chi connectivity index (χ0v) is 15.6. The Bertz CT molecular complexity index is 833. The molecule has 0 radical (unpaired) electrons. The van der Waals surface area contributed by atoms with Gasteiger partial charge in [0.05, 0.1) is 4.92 Å². The van der Waals surface area contributed by atoms with Crippen molar-refractivity contribution in [3.63, 3.8) is 0 Å². The predicted octanol–water partition coefficient (Wildman–Crippen LogP) is 4.07. The summed E-state index contributed by atoms with van der Waals surface area (Å²) in [7, 11) is 0. The van der Waals surface area contributed by atoms with Crippen molar-refractivity contribution in [1.82, 2.24) is 10.3 Å². The molecular formula is C19H20ClN3O4. The minimum atomic E-state index is -0.596. The lowest BCUT2D eigenvalue weighted by Crippen LogP contribution is -2.39. The fraction of sp³-hybridized carbons (Fsp3) is 0.368. The van der Waals surface area contributed by atoms with Crippen molar-refractivity contribution in [2.45, 2.75) is 44.8 Å². The zero-order chi connectivity index (χ0) is 19.4. The molecule has 1 fully saturated rings. The Morgan fingerprint density at radius 1 is 1.26 bits per heavy atom. The van der Waals surface area contributed by atoms with E-state index in [9.17, 15) is 14.9 Å². The van der Waals surface area contributed by atoms with Crippen LogP contribution in [0.3, 0.4) is 0 Å². The molecule has 0 bridgehead atoms. The van der Waals surface area contributed by atoms with Crippen LogP contribution < -0.4 is 10.1 Å². The second-order valence-corrected chi connectivity index (χ2v) is 7.07. The zero-order valence-electron chi connectivity index (χ0n) is 14.9. The van der Waals surface area contributed by atoms with E-state index in [0.29, 0.717) is 5.88 Å². The Morgan fingerprint density at radius 2 is 2.00 bits per heavy atom. The molecule has 0 aliphatic heterocycles. The predicted molar refractivity (Wildman–Crippen MR) is 101 cm³/mol. The molecule has 27 heavy (non-hydrogen) atoms. The van der Waals surface area contributed by atoms with Gasteiger partial charge in [0.15, 0.2) is 0 Å². The van der Waals surface area contributed by atoms with Gasteiger partial charge in [-0.1, -0.05) is 17.7 Å². The molecule has 1 aliphatic rings. The number of carbonyl (C=O) groups is 1. The number of hydrogen-bond acceptors (Lipinski definition) is 5. The van der Waals surface area contributed by atoms with Crippen molar-refractivity contribution in [3.8, 4) is 5.88 Å². The standard InChI is InChI=1S/C19H20ClN3O4/c1-12-2-9-18(21-11-12)27-15-6-4-14(5-7-15)22-19(24)13-3-8-16(20)17(10-13)23(25)26/h2-3,8-11,14-15H,4-7H2,1H3,(H,22,24). The van der Waals surface area contributed by atoms with E-state index < -0.39 is 4.92 Å². The number of aromatic nitrogens is 1. The molecule has 1 aromatic heterocycles. The maximum absolute atomic E-state index is 12.4. The van der Waals surface area contributed by atoms with Gasteiger partial charge in [0, 0.05) is 29.9 Å². The molecule has 1 aromatic carbocycles. The second-order valence-electron chi connectivity index (χ2n) is 6.66. The fourth-order valence-electron chi connectivity index (χ4n) is 3.08. The van der Waals surface area contributed by atoms with Gasteiger partial charge in [-0.3, -0.25) is 14.9 Å². The summed E-state index contributed by atoms with van der Waals surface area (Å²) in [5, 5.41) is 13.9. The molecule has 1 aliphatic carbocycles. The average molecular weight is 390 g/mol. The van der Waals surface area contributed by atoms with E-state index in [1.165, 1.54) is 18.2 Å². The van der Waals surface area contributed by atoms with Gasteiger partial charge in [0.25, 0.3) is 11.6 Å². The summed E-state index contributed by atoms with van der Waals surface area (Å²) in [6, 6.07) is 7.89. The number of rotatable bonds is 5. The number of nitro groups is 1. The molecule has 0 saturated heterocycles. The molecule has 0 spiro atoms. The highest BCUT2D eigenvalue weighted by Gasteiger charge is 2.25. The Hall–Kier alpha value is -2.67. The van der Waals surface area contributed by atoms with E-state index in [2.05, 4.69) is 10.3 Å². The van der Waals surface area contributed by atoms with Crippen LogP contribution in [0.4, 0.5) is 5.69 Å². The lowest BCUT2D eigenvalue weighted by molar-refractivity contribution is -0.384. The van der Waals surface area contributed by atoms with Gasteiger partial charge in [0.1, 0.15) is 11.1 Å². The first-order valence-corrected chi connectivity index (χ1v) is 9.14. The van der Waals surface area contributed by atoms with Crippen molar-refractivity contribution in [2.24, 2.45) is 0 Å². The van der Waals surface area contributed by atoms with E-state index >= 15 is 0 Å². The summed E-state index contributed by atoms with van der Waals surface area (Å²) in [6.07, 6.45) is 5.01. The number of nitro benzene ring substituents is 1. The van der Waals surface area contributed by atoms with Gasteiger partial charge in [0.2, 0.25) is 5.88 Å². The van der Waals surface area contributed by atoms with Crippen LogP contribution in [0.1, 0.15) is 41.6 Å². The Balaban J connectivity index is 1.53. The van der Waals surface area contributed by atoms with Crippen molar-refractivity contribution < 1.29 is 14.5 Å². The van der Waals surface area contributed by atoms with Crippen molar-refractivity contribution >= 4 is 23.2 Å².